The normalized spacial score (nSPS) is 22.5. The number of nitrogens with zero attached hydrogens (tertiary/aromatic N) is 2. The average Bonchev–Trinajstić information content (AvgIpc) is 2.17. The molecule has 3 heteroatoms. The summed E-state index contributed by atoms with van der Waals surface area (Å²) in [6, 6.07) is 2.19. The second-order valence-electron chi connectivity index (χ2n) is 4.06. The fourth-order valence-electron chi connectivity index (χ4n) is 1.73. The minimum atomic E-state index is 0.323. The molecule has 1 saturated heterocycles. The van der Waals surface area contributed by atoms with Gasteiger partial charge in [-0.1, -0.05) is 0 Å². The minimum absolute atomic E-state index is 0.323. The number of hydrogen-bond donors (Lipinski definition) is 1. The Morgan fingerprint density at radius 3 is 2.54 bits per heavy atom. The Kier molecular flexibility index (Phi) is 3.71. The number of hydrogen-bond acceptors (Lipinski definition) is 3. The van der Waals surface area contributed by atoms with Gasteiger partial charge in [-0.25, -0.2) is 0 Å². The van der Waals surface area contributed by atoms with Gasteiger partial charge in [-0.05, 0) is 39.9 Å². The van der Waals surface area contributed by atoms with Gasteiger partial charge in [0, 0.05) is 18.5 Å². The summed E-state index contributed by atoms with van der Waals surface area (Å²) in [4.78, 5) is 2.38. The minimum Gasteiger partial charge on any atom is -0.314 e. The van der Waals surface area contributed by atoms with Crippen molar-refractivity contribution in [1.82, 2.24) is 10.2 Å². The quantitative estimate of drug-likeness (QED) is 0.705. The van der Waals surface area contributed by atoms with Crippen LogP contribution in [-0.2, 0) is 0 Å². The summed E-state index contributed by atoms with van der Waals surface area (Å²) in [6.07, 6.45) is 3.04. The highest BCUT2D eigenvalue weighted by Gasteiger charge is 2.27. The zero-order chi connectivity index (χ0) is 9.73. The molecule has 0 aliphatic carbocycles. The first-order chi connectivity index (χ1) is 6.20. The predicted molar refractivity (Wildman–Crippen MR) is 53.4 cm³/mol. The molecule has 3 nitrogen and oxygen atoms in total. The Morgan fingerprint density at radius 1 is 1.46 bits per heavy atom. The molecule has 0 radical (unpaired) electrons. The molecule has 74 valence electrons. The molecule has 1 aliphatic rings. The first-order valence-corrected chi connectivity index (χ1v) is 4.98. The average molecular weight is 181 g/mol. The van der Waals surface area contributed by atoms with Crippen LogP contribution in [0.15, 0.2) is 0 Å². The number of nitrogens with one attached hydrogen (secondary N) is 1. The number of piperidine rings is 1. The van der Waals surface area contributed by atoms with Gasteiger partial charge in [0.25, 0.3) is 0 Å². The lowest BCUT2D eigenvalue weighted by atomic mass is 9.90. The SMILES string of the molecule is CNC1(C)CCN(CCC#N)CC1. The van der Waals surface area contributed by atoms with Crippen LogP contribution >= 0.6 is 0 Å². The Labute approximate surface area is 80.7 Å². The van der Waals surface area contributed by atoms with E-state index in [9.17, 15) is 0 Å². The lowest BCUT2D eigenvalue weighted by molar-refractivity contribution is 0.155. The van der Waals surface area contributed by atoms with Gasteiger partial charge in [0.2, 0.25) is 0 Å². The van der Waals surface area contributed by atoms with Crippen molar-refractivity contribution >= 4 is 0 Å². The van der Waals surface area contributed by atoms with E-state index in [1.54, 1.807) is 0 Å². The van der Waals surface area contributed by atoms with Crippen molar-refractivity contribution in [2.75, 3.05) is 26.7 Å². The smallest absolute Gasteiger partial charge is 0.0635 e. The number of rotatable bonds is 3. The molecular weight excluding hydrogens is 162 g/mol. The molecule has 0 atom stereocenters. The zero-order valence-corrected chi connectivity index (χ0v) is 8.64. The summed E-state index contributed by atoms with van der Waals surface area (Å²) >= 11 is 0. The van der Waals surface area contributed by atoms with Gasteiger partial charge >= 0.3 is 0 Å². The molecule has 0 spiro atoms. The van der Waals surface area contributed by atoms with Crippen LogP contribution in [0.3, 0.4) is 0 Å². The lowest BCUT2D eigenvalue weighted by Gasteiger charge is -2.39. The molecule has 0 unspecified atom stereocenters. The Morgan fingerprint density at radius 2 is 2.08 bits per heavy atom. The third-order valence-electron chi connectivity index (χ3n) is 3.10. The number of likely N-dealkylation sites (tertiary alicyclic amines) is 1. The van der Waals surface area contributed by atoms with Crippen molar-refractivity contribution in [2.45, 2.75) is 31.7 Å². The molecule has 1 rings (SSSR count). The van der Waals surface area contributed by atoms with Crippen molar-refractivity contribution in [3.05, 3.63) is 0 Å². The Balaban J connectivity index is 2.27. The molecule has 1 aliphatic heterocycles. The van der Waals surface area contributed by atoms with E-state index < -0.39 is 0 Å². The van der Waals surface area contributed by atoms with Crippen LogP contribution in [0.1, 0.15) is 26.2 Å². The molecule has 0 aromatic carbocycles. The van der Waals surface area contributed by atoms with E-state index in [4.69, 9.17) is 5.26 Å². The number of nitriles is 1. The first-order valence-electron chi connectivity index (χ1n) is 4.98. The highest BCUT2D eigenvalue weighted by atomic mass is 15.1. The fourth-order valence-corrected chi connectivity index (χ4v) is 1.73. The fraction of sp³-hybridized carbons (Fsp3) is 0.900. The Bertz CT molecular complexity index is 187. The summed E-state index contributed by atoms with van der Waals surface area (Å²) in [6.45, 7) is 5.46. The third kappa shape index (κ3) is 2.98. The summed E-state index contributed by atoms with van der Waals surface area (Å²) in [5.74, 6) is 0. The predicted octanol–water partition coefficient (Wildman–Crippen LogP) is 0.974. The molecular formula is C10H19N3. The molecule has 0 bridgehead atoms. The molecule has 0 amide bonds. The van der Waals surface area contributed by atoms with Gasteiger partial charge in [0.05, 0.1) is 6.07 Å². The van der Waals surface area contributed by atoms with Crippen LogP contribution in [0.2, 0.25) is 0 Å². The monoisotopic (exact) mass is 181 g/mol. The van der Waals surface area contributed by atoms with Gasteiger partial charge in [-0.15, -0.1) is 0 Å². The Hall–Kier alpha value is -0.590. The van der Waals surface area contributed by atoms with E-state index in [1.807, 2.05) is 7.05 Å². The highest BCUT2D eigenvalue weighted by Crippen LogP contribution is 2.20. The topological polar surface area (TPSA) is 39.1 Å². The van der Waals surface area contributed by atoms with Gasteiger partial charge in [0.1, 0.15) is 0 Å². The van der Waals surface area contributed by atoms with Gasteiger partial charge in [-0.3, -0.25) is 0 Å². The van der Waals surface area contributed by atoms with E-state index >= 15 is 0 Å². The summed E-state index contributed by atoms with van der Waals surface area (Å²) in [7, 11) is 2.03. The van der Waals surface area contributed by atoms with Crippen LogP contribution in [0, 0.1) is 11.3 Å². The maximum Gasteiger partial charge on any atom is 0.0635 e. The van der Waals surface area contributed by atoms with Gasteiger partial charge in [0.15, 0.2) is 0 Å². The van der Waals surface area contributed by atoms with Gasteiger partial charge < -0.3 is 10.2 Å². The first kappa shape index (κ1) is 10.5. The zero-order valence-electron chi connectivity index (χ0n) is 8.64. The van der Waals surface area contributed by atoms with Crippen molar-refractivity contribution in [2.24, 2.45) is 0 Å². The largest absolute Gasteiger partial charge is 0.314 e. The van der Waals surface area contributed by atoms with Crippen molar-refractivity contribution < 1.29 is 0 Å². The maximum atomic E-state index is 8.46. The van der Waals surface area contributed by atoms with Crippen LogP contribution in [0.4, 0.5) is 0 Å². The second kappa shape index (κ2) is 4.59. The third-order valence-corrected chi connectivity index (χ3v) is 3.10. The lowest BCUT2D eigenvalue weighted by Crippen LogP contribution is -2.50. The summed E-state index contributed by atoms with van der Waals surface area (Å²) < 4.78 is 0. The van der Waals surface area contributed by atoms with Crippen molar-refractivity contribution in [1.29, 1.82) is 5.26 Å². The van der Waals surface area contributed by atoms with Crippen molar-refractivity contribution in [3.63, 3.8) is 0 Å². The van der Waals surface area contributed by atoms with Crippen LogP contribution in [-0.4, -0.2) is 37.1 Å². The van der Waals surface area contributed by atoms with Crippen LogP contribution in [0.5, 0.6) is 0 Å². The molecule has 0 aromatic rings. The van der Waals surface area contributed by atoms with E-state index in [0.29, 0.717) is 12.0 Å². The van der Waals surface area contributed by atoms with E-state index in [-0.39, 0.29) is 0 Å². The van der Waals surface area contributed by atoms with E-state index in [1.165, 1.54) is 12.8 Å². The van der Waals surface area contributed by atoms with E-state index in [0.717, 1.165) is 19.6 Å². The molecule has 1 heterocycles. The molecule has 1 N–H and O–H groups in total. The van der Waals surface area contributed by atoms with E-state index in [2.05, 4.69) is 23.2 Å². The summed E-state index contributed by atoms with van der Waals surface area (Å²) in [5.41, 5.74) is 0.323. The molecule has 13 heavy (non-hydrogen) atoms. The molecule has 1 fully saturated rings. The molecule has 0 aromatic heterocycles. The van der Waals surface area contributed by atoms with Crippen LogP contribution < -0.4 is 5.32 Å². The summed E-state index contributed by atoms with van der Waals surface area (Å²) in [5, 5.41) is 11.8. The maximum absolute atomic E-state index is 8.46. The second-order valence-corrected chi connectivity index (χ2v) is 4.06. The molecule has 0 saturated carbocycles. The standard InChI is InChI=1S/C10H19N3/c1-10(12-2)4-8-13(9-5-10)7-3-6-11/h12H,3-5,7-9H2,1-2H3. The highest BCUT2D eigenvalue weighted by molar-refractivity contribution is 4.88. The van der Waals surface area contributed by atoms with Crippen LogP contribution in [0.25, 0.3) is 0 Å². The van der Waals surface area contributed by atoms with Gasteiger partial charge in [-0.2, -0.15) is 5.26 Å². The van der Waals surface area contributed by atoms with Crippen molar-refractivity contribution in [3.8, 4) is 6.07 Å².